The van der Waals surface area contributed by atoms with Gasteiger partial charge in [0.15, 0.2) is 11.5 Å². The highest BCUT2D eigenvalue weighted by Gasteiger charge is 2.12. The Morgan fingerprint density at radius 3 is 2.56 bits per heavy atom. The minimum atomic E-state index is -0.178. The average Bonchev–Trinajstić information content (AvgIpc) is 2.69. The molecule has 0 unspecified atom stereocenters. The first-order valence-corrected chi connectivity index (χ1v) is 8.93. The second kappa shape index (κ2) is 10.4. The van der Waals surface area contributed by atoms with Crippen LogP contribution in [0, 0.1) is 0 Å². The molecular formula is C22H27NO4. The zero-order valence-corrected chi connectivity index (χ0v) is 16.2. The number of rotatable bonds is 10. The summed E-state index contributed by atoms with van der Waals surface area (Å²) in [5, 5.41) is 2.95. The standard InChI is InChI=1S/C22H27NO4/c1-5-12-26-20-11-10-17(13-21(20)25-4)22(24)23-14-18-8-6-7-9-19(18)15-27-16(2)3/h5-11,13,16H,1,12,14-15H2,2-4H3,(H,23,24). The van der Waals surface area contributed by atoms with Gasteiger partial charge in [0.1, 0.15) is 6.61 Å². The lowest BCUT2D eigenvalue weighted by Crippen LogP contribution is -2.23. The lowest BCUT2D eigenvalue weighted by atomic mass is 10.1. The van der Waals surface area contributed by atoms with Gasteiger partial charge in [-0.05, 0) is 43.2 Å². The largest absolute Gasteiger partial charge is 0.493 e. The van der Waals surface area contributed by atoms with Crippen LogP contribution in [-0.4, -0.2) is 25.7 Å². The Balaban J connectivity index is 2.04. The maximum Gasteiger partial charge on any atom is 0.251 e. The first kappa shape index (κ1) is 20.5. The molecule has 0 heterocycles. The number of carbonyl (C=O) groups is 1. The fourth-order valence-electron chi connectivity index (χ4n) is 2.48. The molecule has 5 heteroatoms. The maximum atomic E-state index is 12.5. The third-order valence-electron chi connectivity index (χ3n) is 3.91. The number of hydrogen-bond donors (Lipinski definition) is 1. The van der Waals surface area contributed by atoms with E-state index in [1.54, 1.807) is 31.4 Å². The van der Waals surface area contributed by atoms with Crippen LogP contribution in [0.3, 0.4) is 0 Å². The van der Waals surface area contributed by atoms with E-state index in [1.165, 1.54) is 0 Å². The van der Waals surface area contributed by atoms with E-state index < -0.39 is 0 Å². The van der Waals surface area contributed by atoms with Crippen molar-refractivity contribution in [2.75, 3.05) is 13.7 Å². The van der Waals surface area contributed by atoms with Gasteiger partial charge in [-0.25, -0.2) is 0 Å². The number of benzene rings is 2. The van der Waals surface area contributed by atoms with Gasteiger partial charge in [-0.2, -0.15) is 0 Å². The Labute approximate surface area is 161 Å². The van der Waals surface area contributed by atoms with E-state index in [0.717, 1.165) is 11.1 Å². The normalized spacial score (nSPS) is 10.5. The smallest absolute Gasteiger partial charge is 0.251 e. The van der Waals surface area contributed by atoms with Gasteiger partial charge in [-0.1, -0.05) is 36.9 Å². The summed E-state index contributed by atoms with van der Waals surface area (Å²) >= 11 is 0. The van der Waals surface area contributed by atoms with Crippen LogP contribution in [0.15, 0.2) is 55.1 Å². The van der Waals surface area contributed by atoms with Crippen molar-refractivity contribution < 1.29 is 19.0 Å². The summed E-state index contributed by atoms with van der Waals surface area (Å²) in [5.74, 6) is 0.906. The van der Waals surface area contributed by atoms with Gasteiger partial charge in [0.25, 0.3) is 5.91 Å². The van der Waals surface area contributed by atoms with Crippen molar-refractivity contribution in [1.82, 2.24) is 5.32 Å². The Kier molecular flexibility index (Phi) is 7.89. The molecule has 2 aromatic carbocycles. The van der Waals surface area contributed by atoms with E-state index in [2.05, 4.69) is 11.9 Å². The summed E-state index contributed by atoms with van der Waals surface area (Å²) in [5.41, 5.74) is 2.61. The number of nitrogens with one attached hydrogen (secondary N) is 1. The quantitative estimate of drug-likeness (QED) is 0.640. The predicted octanol–water partition coefficient (Wildman–Crippen LogP) is 4.12. The highest BCUT2D eigenvalue weighted by atomic mass is 16.5. The summed E-state index contributed by atoms with van der Waals surface area (Å²) in [6.07, 6.45) is 1.81. The Bertz CT molecular complexity index is 771. The molecule has 0 bridgehead atoms. The van der Waals surface area contributed by atoms with E-state index in [1.807, 2.05) is 38.1 Å². The van der Waals surface area contributed by atoms with Crippen LogP contribution in [0.1, 0.15) is 35.3 Å². The number of ether oxygens (including phenoxy) is 3. The van der Waals surface area contributed by atoms with Crippen molar-refractivity contribution in [2.45, 2.75) is 33.1 Å². The van der Waals surface area contributed by atoms with Gasteiger partial charge >= 0.3 is 0 Å². The van der Waals surface area contributed by atoms with E-state index in [-0.39, 0.29) is 12.0 Å². The zero-order valence-electron chi connectivity index (χ0n) is 16.2. The molecule has 0 aliphatic rings. The first-order chi connectivity index (χ1) is 13.0. The maximum absolute atomic E-state index is 12.5. The van der Waals surface area contributed by atoms with Crippen LogP contribution in [0.2, 0.25) is 0 Å². The molecule has 2 rings (SSSR count). The monoisotopic (exact) mass is 369 g/mol. The fraction of sp³-hybridized carbons (Fsp3) is 0.318. The first-order valence-electron chi connectivity index (χ1n) is 8.93. The van der Waals surface area contributed by atoms with E-state index >= 15 is 0 Å². The molecule has 0 fully saturated rings. The molecule has 0 aromatic heterocycles. The SMILES string of the molecule is C=CCOc1ccc(C(=O)NCc2ccccc2COC(C)C)cc1OC. The Morgan fingerprint density at radius 2 is 1.89 bits per heavy atom. The van der Waals surface area contributed by atoms with Crippen molar-refractivity contribution in [3.8, 4) is 11.5 Å². The van der Waals surface area contributed by atoms with Crippen LogP contribution < -0.4 is 14.8 Å². The molecule has 0 aliphatic heterocycles. The lowest BCUT2D eigenvalue weighted by molar-refractivity contribution is 0.0651. The van der Waals surface area contributed by atoms with Crippen molar-refractivity contribution in [1.29, 1.82) is 0 Å². The lowest BCUT2D eigenvalue weighted by Gasteiger charge is -2.14. The van der Waals surface area contributed by atoms with Crippen molar-refractivity contribution >= 4 is 5.91 Å². The molecule has 2 aromatic rings. The van der Waals surface area contributed by atoms with Crippen molar-refractivity contribution in [3.63, 3.8) is 0 Å². The number of carbonyl (C=O) groups excluding carboxylic acids is 1. The molecule has 1 amide bonds. The zero-order chi connectivity index (χ0) is 19.6. The van der Waals surface area contributed by atoms with Crippen LogP contribution in [-0.2, 0) is 17.9 Å². The molecule has 0 saturated carbocycles. The molecule has 5 nitrogen and oxygen atoms in total. The highest BCUT2D eigenvalue weighted by molar-refractivity contribution is 5.94. The van der Waals surface area contributed by atoms with Crippen LogP contribution in [0.4, 0.5) is 0 Å². The van der Waals surface area contributed by atoms with E-state index in [0.29, 0.717) is 36.8 Å². The number of hydrogen-bond acceptors (Lipinski definition) is 4. The average molecular weight is 369 g/mol. The molecule has 0 atom stereocenters. The number of amides is 1. The summed E-state index contributed by atoms with van der Waals surface area (Å²) in [4.78, 5) is 12.5. The van der Waals surface area contributed by atoms with Gasteiger partial charge in [0.2, 0.25) is 0 Å². The summed E-state index contributed by atoms with van der Waals surface area (Å²) in [7, 11) is 1.54. The third-order valence-corrected chi connectivity index (χ3v) is 3.91. The van der Waals surface area contributed by atoms with Gasteiger partial charge in [-0.15, -0.1) is 0 Å². The summed E-state index contributed by atoms with van der Waals surface area (Å²) in [6, 6.07) is 13.0. The molecule has 0 spiro atoms. The summed E-state index contributed by atoms with van der Waals surface area (Å²) < 4.78 is 16.5. The molecular weight excluding hydrogens is 342 g/mol. The van der Waals surface area contributed by atoms with Gasteiger partial charge in [0.05, 0.1) is 19.8 Å². The summed E-state index contributed by atoms with van der Waals surface area (Å²) in [6.45, 7) is 8.94. The minimum absolute atomic E-state index is 0.155. The second-order valence-corrected chi connectivity index (χ2v) is 6.28. The Hall–Kier alpha value is -2.79. The molecule has 144 valence electrons. The van der Waals surface area contributed by atoms with Crippen LogP contribution in [0.25, 0.3) is 0 Å². The molecule has 27 heavy (non-hydrogen) atoms. The molecule has 0 aliphatic carbocycles. The van der Waals surface area contributed by atoms with Crippen molar-refractivity contribution in [3.05, 3.63) is 71.8 Å². The Morgan fingerprint density at radius 1 is 1.15 bits per heavy atom. The second-order valence-electron chi connectivity index (χ2n) is 6.28. The van der Waals surface area contributed by atoms with Crippen molar-refractivity contribution in [2.24, 2.45) is 0 Å². The predicted molar refractivity (Wildman–Crippen MR) is 106 cm³/mol. The van der Waals surface area contributed by atoms with Crippen LogP contribution >= 0.6 is 0 Å². The van der Waals surface area contributed by atoms with E-state index in [9.17, 15) is 4.79 Å². The third kappa shape index (κ3) is 6.15. The topological polar surface area (TPSA) is 56.8 Å². The van der Waals surface area contributed by atoms with E-state index in [4.69, 9.17) is 14.2 Å². The van der Waals surface area contributed by atoms with Gasteiger partial charge < -0.3 is 19.5 Å². The minimum Gasteiger partial charge on any atom is -0.493 e. The molecule has 0 saturated heterocycles. The van der Waals surface area contributed by atoms with Gasteiger partial charge in [0, 0.05) is 12.1 Å². The molecule has 1 N–H and O–H groups in total. The fourth-order valence-corrected chi connectivity index (χ4v) is 2.48. The highest BCUT2D eigenvalue weighted by Crippen LogP contribution is 2.28. The van der Waals surface area contributed by atoms with Crippen LogP contribution in [0.5, 0.6) is 11.5 Å². The van der Waals surface area contributed by atoms with Gasteiger partial charge in [-0.3, -0.25) is 4.79 Å². The number of methoxy groups -OCH3 is 1. The molecule has 0 radical (unpaired) electrons.